The van der Waals surface area contributed by atoms with Gasteiger partial charge in [-0.05, 0) is 0 Å². The zero-order chi connectivity index (χ0) is 7.86. The molecule has 0 aromatic rings. The molecule has 0 radical (unpaired) electrons. The molecule has 4 nitrogen and oxygen atoms in total. The third kappa shape index (κ3) is 62.2. The quantitative estimate of drug-likeness (QED) is 0.586. The first-order valence-electron chi connectivity index (χ1n) is 1.92. The summed E-state index contributed by atoms with van der Waals surface area (Å²) < 4.78 is 0. The minimum atomic E-state index is -0.940. The Bertz CT molecular complexity index is 101. The van der Waals surface area contributed by atoms with Crippen molar-refractivity contribution in [3.05, 3.63) is 0 Å². The molecule has 0 spiro atoms. The number of carboxylic acid groups (broad SMARTS) is 2. The third-order valence-electron chi connectivity index (χ3n) is 0.0912. The van der Waals surface area contributed by atoms with Gasteiger partial charge in [-0.15, -0.1) is 0 Å². The van der Waals surface area contributed by atoms with Crippen LogP contribution in [-0.2, 0) is 25.6 Å². The van der Waals surface area contributed by atoms with Crippen LogP contribution in [0, 0.1) is 0 Å². The van der Waals surface area contributed by atoms with Crippen molar-refractivity contribution in [3.63, 3.8) is 0 Å². The average molecular weight is 223 g/mol. The van der Waals surface area contributed by atoms with Crippen LogP contribution in [0.25, 0.3) is 0 Å². The number of aliphatic carboxylic acids is 2. The zero-order valence-corrected chi connectivity index (χ0v) is 5.66. The molecule has 0 bridgehead atoms. The number of rotatable bonds is 1. The second kappa shape index (κ2) is 12.7. The third-order valence-corrected chi connectivity index (χ3v) is 0.376. The zero-order valence-electron chi connectivity index (χ0n) is 4.72. The van der Waals surface area contributed by atoms with Gasteiger partial charge in [0, 0.05) is 6.92 Å². The van der Waals surface area contributed by atoms with E-state index in [0.717, 1.165) is 6.92 Å². The summed E-state index contributed by atoms with van der Waals surface area (Å²) in [4.78, 5) is 18.3. The van der Waals surface area contributed by atoms with E-state index in [1.54, 1.807) is 0 Å². The standard InChI is InChI=1S/C2H4O2.C2H3O2.Cu.K.H/c2*1-2(3)4;;;/h1H3,(H,3,4);1H2,(H,3,4);;;. The van der Waals surface area contributed by atoms with Gasteiger partial charge < -0.3 is 5.11 Å². The summed E-state index contributed by atoms with van der Waals surface area (Å²) >= 11 is 4.20. The van der Waals surface area contributed by atoms with Crippen LogP contribution < -0.4 is 0 Å². The molecule has 0 fully saturated rings. The van der Waals surface area contributed by atoms with E-state index in [1.165, 1.54) is 0 Å². The first-order chi connectivity index (χ1) is 4.00. The summed E-state index contributed by atoms with van der Waals surface area (Å²) in [5, 5.41) is 14.8. The summed E-state index contributed by atoms with van der Waals surface area (Å²) in [5.41, 5.74) is 0. The number of hydrogen-bond donors (Lipinski definition) is 2. The molecule has 0 unspecified atom stereocenters. The Kier molecular flexibility index (Phi) is 22.0. The maximum atomic E-state index is 9.26. The van der Waals surface area contributed by atoms with Crippen LogP contribution in [-0.4, -0.2) is 73.5 Å². The van der Waals surface area contributed by atoms with Crippen LogP contribution in [0.4, 0.5) is 0 Å². The summed E-state index contributed by atoms with van der Waals surface area (Å²) in [7, 11) is 0. The van der Waals surface area contributed by atoms with Crippen molar-refractivity contribution >= 4 is 63.3 Å². The summed E-state index contributed by atoms with van der Waals surface area (Å²) in [6.45, 7) is 1.08. The van der Waals surface area contributed by atoms with Crippen molar-refractivity contribution in [2.45, 2.75) is 12.2 Å². The predicted octanol–water partition coefficient (Wildman–Crippen LogP) is -0.522. The fourth-order valence-electron chi connectivity index (χ4n) is 0. The molecule has 0 aliphatic heterocycles. The SMILES string of the molecule is CC(=O)O.O=C(O)[CH2][Cu].[KH]. The van der Waals surface area contributed by atoms with E-state index < -0.39 is 11.9 Å². The predicted molar refractivity (Wildman–Crippen MR) is 32.9 cm³/mol. The van der Waals surface area contributed by atoms with Crippen LogP contribution >= 0.6 is 0 Å². The average Bonchev–Trinajstić information content (AvgIpc) is 1.65. The van der Waals surface area contributed by atoms with Gasteiger partial charge in [0.1, 0.15) is 0 Å². The molecule has 2 N–H and O–H groups in total. The Hall–Kier alpha value is 1.10. The molecular formula is C4H8CuKO4. The number of carbonyl (C=O) groups is 2. The normalized spacial score (nSPS) is 6.30. The van der Waals surface area contributed by atoms with E-state index in [2.05, 4.69) is 16.0 Å². The molecule has 0 aliphatic carbocycles. The topological polar surface area (TPSA) is 74.6 Å². The molecule has 0 aliphatic rings. The molecule has 0 saturated heterocycles. The van der Waals surface area contributed by atoms with Crippen molar-refractivity contribution in [2.24, 2.45) is 0 Å². The fourth-order valence-corrected chi connectivity index (χ4v) is 0. The summed E-state index contributed by atoms with van der Waals surface area (Å²) in [5.74, 6) is -1.77. The molecule has 0 aromatic carbocycles. The van der Waals surface area contributed by atoms with Crippen LogP contribution in [0.3, 0.4) is 0 Å². The molecule has 60 valence electrons. The molecule has 0 amide bonds. The first kappa shape index (κ1) is 17.3. The molecule has 6 heteroatoms. The fraction of sp³-hybridized carbons (Fsp3) is 0.500. The second-order valence-corrected chi connectivity index (χ2v) is 1.35. The molecule has 0 rings (SSSR count). The first-order valence-corrected chi connectivity index (χ1v) is 2.59. The Morgan fingerprint density at radius 1 is 1.40 bits per heavy atom. The molecule has 10 heavy (non-hydrogen) atoms. The van der Waals surface area contributed by atoms with Gasteiger partial charge in [0.25, 0.3) is 5.97 Å². The summed E-state index contributed by atoms with van der Waals surface area (Å²) in [6.07, 6.45) is 0. The summed E-state index contributed by atoms with van der Waals surface area (Å²) in [6, 6.07) is 0. The minimum absolute atomic E-state index is 0. The van der Waals surface area contributed by atoms with Gasteiger partial charge in [-0.25, -0.2) is 0 Å². The second-order valence-electron chi connectivity index (χ2n) is 1.02. The Labute approximate surface area is 110 Å². The molecule has 0 saturated carbocycles. The van der Waals surface area contributed by atoms with Gasteiger partial charge in [-0.3, -0.25) is 4.79 Å². The monoisotopic (exact) mass is 222 g/mol. The van der Waals surface area contributed by atoms with Crippen LogP contribution in [0.1, 0.15) is 6.92 Å². The van der Waals surface area contributed by atoms with Crippen molar-refractivity contribution in [1.82, 2.24) is 0 Å². The number of carboxylic acids is 2. The Morgan fingerprint density at radius 2 is 1.50 bits per heavy atom. The Balaban J connectivity index is -0.0000000910. The van der Waals surface area contributed by atoms with E-state index in [1.807, 2.05) is 0 Å². The van der Waals surface area contributed by atoms with Gasteiger partial charge >= 0.3 is 88.6 Å². The van der Waals surface area contributed by atoms with Crippen molar-refractivity contribution in [1.29, 1.82) is 0 Å². The molecule has 0 aromatic heterocycles. The number of hydrogen-bond acceptors (Lipinski definition) is 2. The van der Waals surface area contributed by atoms with E-state index in [-0.39, 0.29) is 56.7 Å². The molecule has 0 atom stereocenters. The van der Waals surface area contributed by atoms with Crippen molar-refractivity contribution in [2.75, 3.05) is 0 Å². The van der Waals surface area contributed by atoms with Gasteiger partial charge in [0.15, 0.2) is 0 Å². The Morgan fingerprint density at radius 3 is 1.50 bits per heavy atom. The van der Waals surface area contributed by atoms with E-state index in [4.69, 9.17) is 15.0 Å². The van der Waals surface area contributed by atoms with Crippen LogP contribution in [0.15, 0.2) is 0 Å². The van der Waals surface area contributed by atoms with Gasteiger partial charge in [-0.2, -0.15) is 0 Å². The van der Waals surface area contributed by atoms with Crippen LogP contribution in [0.5, 0.6) is 0 Å². The van der Waals surface area contributed by atoms with Crippen LogP contribution in [0.2, 0.25) is 5.32 Å². The van der Waals surface area contributed by atoms with E-state index in [0.29, 0.717) is 0 Å². The van der Waals surface area contributed by atoms with Gasteiger partial charge in [0.2, 0.25) is 0 Å². The van der Waals surface area contributed by atoms with E-state index in [9.17, 15) is 4.79 Å². The van der Waals surface area contributed by atoms with Crippen molar-refractivity contribution in [3.8, 4) is 0 Å². The van der Waals surface area contributed by atoms with Crippen molar-refractivity contribution < 1.29 is 35.8 Å². The molecule has 0 heterocycles. The van der Waals surface area contributed by atoms with Gasteiger partial charge in [-0.1, -0.05) is 0 Å². The van der Waals surface area contributed by atoms with E-state index >= 15 is 0 Å². The van der Waals surface area contributed by atoms with Gasteiger partial charge in [0.05, 0.1) is 0 Å². The maximum absolute atomic E-state index is 9.26. The molecular weight excluding hydrogens is 215 g/mol.